The van der Waals surface area contributed by atoms with E-state index in [1.54, 1.807) is 11.8 Å². The highest BCUT2D eigenvalue weighted by Gasteiger charge is 2.09. The molecular formula is C11H13BrFNOS. The number of rotatable bonds is 5. The Morgan fingerprint density at radius 2 is 2.31 bits per heavy atom. The van der Waals surface area contributed by atoms with Gasteiger partial charge in [-0.05, 0) is 52.6 Å². The Kier molecular flexibility index (Phi) is 5.84. The fourth-order valence-corrected chi connectivity index (χ4v) is 2.15. The van der Waals surface area contributed by atoms with E-state index in [1.807, 2.05) is 6.26 Å². The first-order valence-electron chi connectivity index (χ1n) is 4.87. The van der Waals surface area contributed by atoms with Crippen LogP contribution in [0.15, 0.2) is 22.7 Å². The quantitative estimate of drug-likeness (QED) is 0.847. The summed E-state index contributed by atoms with van der Waals surface area (Å²) in [6.45, 7) is 0.642. The molecule has 0 aliphatic carbocycles. The van der Waals surface area contributed by atoms with Gasteiger partial charge in [-0.15, -0.1) is 0 Å². The molecule has 0 aliphatic heterocycles. The molecule has 2 nitrogen and oxygen atoms in total. The molecule has 0 unspecified atom stereocenters. The van der Waals surface area contributed by atoms with Gasteiger partial charge in [-0.3, -0.25) is 4.79 Å². The van der Waals surface area contributed by atoms with Crippen molar-refractivity contribution in [3.8, 4) is 0 Å². The van der Waals surface area contributed by atoms with E-state index >= 15 is 0 Å². The molecule has 0 saturated carbocycles. The Bertz CT molecular complexity index is 373. The molecule has 0 bridgehead atoms. The van der Waals surface area contributed by atoms with E-state index in [4.69, 9.17) is 0 Å². The van der Waals surface area contributed by atoms with Crippen molar-refractivity contribution < 1.29 is 9.18 Å². The summed E-state index contributed by atoms with van der Waals surface area (Å²) in [4.78, 5) is 11.7. The third kappa shape index (κ3) is 4.14. The molecule has 0 spiro atoms. The monoisotopic (exact) mass is 305 g/mol. The van der Waals surface area contributed by atoms with Crippen LogP contribution >= 0.6 is 27.7 Å². The van der Waals surface area contributed by atoms with Crippen molar-refractivity contribution in [1.82, 2.24) is 5.32 Å². The summed E-state index contributed by atoms with van der Waals surface area (Å²) in [6.07, 6.45) is 2.96. The van der Waals surface area contributed by atoms with Gasteiger partial charge in [-0.1, -0.05) is 0 Å². The molecule has 0 aliphatic rings. The number of halogens is 2. The molecule has 88 valence electrons. The predicted octanol–water partition coefficient (Wildman–Crippen LogP) is 3.07. The van der Waals surface area contributed by atoms with Crippen molar-refractivity contribution in [3.63, 3.8) is 0 Å². The largest absolute Gasteiger partial charge is 0.352 e. The van der Waals surface area contributed by atoms with Crippen molar-refractivity contribution in [1.29, 1.82) is 0 Å². The third-order valence-electron chi connectivity index (χ3n) is 1.99. The summed E-state index contributed by atoms with van der Waals surface area (Å²) in [5.41, 5.74) is 0.463. The lowest BCUT2D eigenvalue weighted by Gasteiger charge is -2.06. The second kappa shape index (κ2) is 6.91. The standard InChI is InChI=1S/C11H13BrFNOS/c1-16-6-2-5-14-11(15)9-4-3-8(13)7-10(9)12/h3-4,7H,2,5-6H2,1H3,(H,14,15). The summed E-state index contributed by atoms with van der Waals surface area (Å²) < 4.78 is 13.3. The van der Waals surface area contributed by atoms with Crippen LogP contribution in [-0.2, 0) is 0 Å². The maximum Gasteiger partial charge on any atom is 0.252 e. The molecule has 1 aromatic rings. The zero-order valence-electron chi connectivity index (χ0n) is 8.93. The molecular weight excluding hydrogens is 293 g/mol. The number of carbonyl (C=O) groups excluding carboxylic acids is 1. The summed E-state index contributed by atoms with van der Waals surface area (Å²) in [7, 11) is 0. The van der Waals surface area contributed by atoms with Gasteiger partial charge < -0.3 is 5.32 Å². The maximum absolute atomic E-state index is 12.8. The SMILES string of the molecule is CSCCCNC(=O)c1ccc(F)cc1Br. The number of thioether (sulfide) groups is 1. The fourth-order valence-electron chi connectivity index (χ4n) is 1.19. The Morgan fingerprint density at radius 1 is 1.56 bits per heavy atom. The minimum atomic E-state index is -0.356. The van der Waals surface area contributed by atoms with Gasteiger partial charge in [0.15, 0.2) is 0 Å². The molecule has 0 aromatic heterocycles. The van der Waals surface area contributed by atoms with Crippen LogP contribution in [0.25, 0.3) is 0 Å². The smallest absolute Gasteiger partial charge is 0.252 e. The minimum absolute atomic E-state index is 0.173. The number of nitrogens with one attached hydrogen (secondary N) is 1. The molecule has 1 amide bonds. The van der Waals surface area contributed by atoms with Crippen LogP contribution in [0.4, 0.5) is 4.39 Å². The highest BCUT2D eigenvalue weighted by atomic mass is 79.9. The van der Waals surface area contributed by atoms with E-state index in [0.717, 1.165) is 12.2 Å². The third-order valence-corrected chi connectivity index (χ3v) is 3.34. The van der Waals surface area contributed by atoms with Crippen LogP contribution in [0.3, 0.4) is 0 Å². The highest BCUT2D eigenvalue weighted by Crippen LogP contribution is 2.17. The molecule has 1 N–H and O–H groups in total. The van der Waals surface area contributed by atoms with Gasteiger partial charge in [-0.2, -0.15) is 11.8 Å². The molecule has 0 atom stereocenters. The van der Waals surface area contributed by atoms with Gasteiger partial charge in [0.1, 0.15) is 5.82 Å². The molecule has 1 rings (SSSR count). The van der Waals surface area contributed by atoms with Crippen LogP contribution < -0.4 is 5.32 Å². The van der Waals surface area contributed by atoms with E-state index < -0.39 is 0 Å². The van der Waals surface area contributed by atoms with Crippen LogP contribution in [0, 0.1) is 5.82 Å². The van der Waals surface area contributed by atoms with Crippen molar-refractivity contribution in [2.45, 2.75) is 6.42 Å². The molecule has 0 fully saturated rings. The number of carbonyl (C=O) groups is 1. The number of amides is 1. The van der Waals surface area contributed by atoms with E-state index in [2.05, 4.69) is 21.2 Å². The van der Waals surface area contributed by atoms with Gasteiger partial charge in [0.2, 0.25) is 0 Å². The fraction of sp³-hybridized carbons (Fsp3) is 0.364. The number of benzene rings is 1. The van der Waals surface area contributed by atoms with Crippen LogP contribution in [0.5, 0.6) is 0 Å². The Labute approximate surface area is 107 Å². The first kappa shape index (κ1) is 13.5. The second-order valence-electron chi connectivity index (χ2n) is 3.23. The average Bonchev–Trinajstić information content (AvgIpc) is 2.24. The second-order valence-corrected chi connectivity index (χ2v) is 5.07. The van der Waals surface area contributed by atoms with E-state index in [9.17, 15) is 9.18 Å². The van der Waals surface area contributed by atoms with Gasteiger partial charge in [0.05, 0.1) is 5.56 Å². The normalized spacial score (nSPS) is 10.2. The molecule has 0 heterocycles. The van der Waals surface area contributed by atoms with Crippen molar-refractivity contribution in [3.05, 3.63) is 34.1 Å². The minimum Gasteiger partial charge on any atom is -0.352 e. The van der Waals surface area contributed by atoms with Gasteiger partial charge in [-0.25, -0.2) is 4.39 Å². The molecule has 0 radical (unpaired) electrons. The topological polar surface area (TPSA) is 29.1 Å². The summed E-state index contributed by atoms with van der Waals surface area (Å²) in [5, 5.41) is 2.79. The molecule has 5 heteroatoms. The zero-order valence-corrected chi connectivity index (χ0v) is 11.3. The zero-order chi connectivity index (χ0) is 12.0. The highest BCUT2D eigenvalue weighted by molar-refractivity contribution is 9.10. The van der Waals surface area contributed by atoms with Gasteiger partial charge in [0, 0.05) is 11.0 Å². The van der Waals surface area contributed by atoms with E-state index in [1.165, 1.54) is 18.2 Å². The van der Waals surface area contributed by atoms with Gasteiger partial charge in [0.25, 0.3) is 5.91 Å². The summed E-state index contributed by atoms with van der Waals surface area (Å²) in [6, 6.07) is 4.04. The first-order valence-corrected chi connectivity index (χ1v) is 7.06. The first-order chi connectivity index (χ1) is 7.65. The van der Waals surface area contributed by atoms with Crippen molar-refractivity contribution >= 4 is 33.6 Å². The molecule has 1 aromatic carbocycles. The number of hydrogen-bond donors (Lipinski definition) is 1. The lowest BCUT2D eigenvalue weighted by atomic mass is 10.2. The van der Waals surface area contributed by atoms with Crippen molar-refractivity contribution in [2.24, 2.45) is 0 Å². The summed E-state index contributed by atoms with van der Waals surface area (Å²) >= 11 is 4.91. The Balaban J connectivity index is 2.53. The lowest BCUT2D eigenvalue weighted by Crippen LogP contribution is -2.25. The number of hydrogen-bond acceptors (Lipinski definition) is 2. The van der Waals surface area contributed by atoms with Crippen molar-refractivity contribution in [2.75, 3.05) is 18.6 Å². The van der Waals surface area contributed by atoms with E-state index in [-0.39, 0.29) is 11.7 Å². The lowest BCUT2D eigenvalue weighted by molar-refractivity contribution is 0.0953. The van der Waals surface area contributed by atoms with Gasteiger partial charge >= 0.3 is 0 Å². The predicted molar refractivity (Wildman–Crippen MR) is 69.4 cm³/mol. The molecule has 0 saturated heterocycles. The van der Waals surface area contributed by atoms with Crippen LogP contribution in [0.2, 0.25) is 0 Å². The van der Waals surface area contributed by atoms with Crippen LogP contribution in [0.1, 0.15) is 16.8 Å². The Hall–Kier alpha value is -0.550. The Morgan fingerprint density at radius 3 is 2.94 bits per heavy atom. The maximum atomic E-state index is 12.8. The summed E-state index contributed by atoms with van der Waals surface area (Å²) in [5.74, 6) is 0.490. The molecule has 16 heavy (non-hydrogen) atoms. The average molecular weight is 306 g/mol. The van der Waals surface area contributed by atoms with Crippen LogP contribution in [-0.4, -0.2) is 24.5 Å². The van der Waals surface area contributed by atoms with E-state index in [0.29, 0.717) is 16.6 Å².